The zero-order valence-electron chi connectivity index (χ0n) is 13.5. The molecule has 0 aliphatic carbocycles. The second-order valence-corrected chi connectivity index (χ2v) is 6.97. The normalized spacial score (nSPS) is 29.1. The van der Waals surface area contributed by atoms with Crippen molar-refractivity contribution in [3.8, 4) is 0 Å². The highest BCUT2D eigenvalue weighted by Crippen LogP contribution is 2.32. The Morgan fingerprint density at radius 2 is 2.08 bits per heavy atom. The lowest BCUT2D eigenvalue weighted by atomic mass is 9.99. The third-order valence-electron chi connectivity index (χ3n) is 5.26. The molecule has 6 heteroatoms. The van der Waals surface area contributed by atoms with E-state index in [-0.39, 0.29) is 24.0 Å². The molecular formula is C18H21FN2O3. The molecule has 2 amide bonds. The summed E-state index contributed by atoms with van der Waals surface area (Å²) in [6, 6.07) is 5.84. The minimum atomic E-state index is -0.406. The number of hydrogen-bond acceptors (Lipinski definition) is 3. The molecule has 0 spiro atoms. The molecule has 0 unspecified atom stereocenters. The van der Waals surface area contributed by atoms with Gasteiger partial charge in [-0.25, -0.2) is 4.39 Å². The van der Waals surface area contributed by atoms with E-state index in [4.69, 9.17) is 4.74 Å². The molecule has 5 nitrogen and oxygen atoms in total. The number of amides is 2. The molecule has 1 aromatic rings. The lowest BCUT2D eigenvalue weighted by Crippen LogP contribution is -2.48. The van der Waals surface area contributed by atoms with Gasteiger partial charge in [0, 0.05) is 37.8 Å². The highest BCUT2D eigenvalue weighted by molar-refractivity contribution is 5.94. The first-order valence-corrected chi connectivity index (χ1v) is 8.59. The molecule has 128 valence electrons. The number of benzene rings is 1. The van der Waals surface area contributed by atoms with Crippen LogP contribution >= 0.6 is 0 Å². The number of carbonyl (C=O) groups excluding carboxylic acids is 2. The maximum absolute atomic E-state index is 13.4. The van der Waals surface area contributed by atoms with Crippen molar-refractivity contribution >= 4 is 11.8 Å². The second-order valence-electron chi connectivity index (χ2n) is 6.97. The van der Waals surface area contributed by atoms with Crippen molar-refractivity contribution in [1.82, 2.24) is 9.80 Å². The van der Waals surface area contributed by atoms with E-state index in [0.717, 1.165) is 19.3 Å². The molecule has 3 heterocycles. The molecule has 3 aliphatic heterocycles. The quantitative estimate of drug-likeness (QED) is 0.828. The SMILES string of the molecule is O=C(c1cccc(F)c1)N1C[C@H]2C[C@@H](C1)N(C(=O)[C@H]1CCCO1)C2. The van der Waals surface area contributed by atoms with Gasteiger partial charge in [-0.1, -0.05) is 6.07 Å². The van der Waals surface area contributed by atoms with Crippen molar-refractivity contribution in [2.45, 2.75) is 31.4 Å². The minimum Gasteiger partial charge on any atom is -0.368 e. The molecule has 3 fully saturated rings. The van der Waals surface area contributed by atoms with E-state index in [0.29, 0.717) is 37.7 Å². The van der Waals surface area contributed by atoms with Crippen LogP contribution in [0.15, 0.2) is 24.3 Å². The number of ether oxygens (including phenoxy) is 1. The van der Waals surface area contributed by atoms with Gasteiger partial charge in [-0.15, -0.1) is 0 Å². The van der Waals surface area contributed by atoms with Gasteiger partial charge in [0.05, 0.1) is 0 Å². The molecule has 0 radical (unpaired) electrons. The number of fused-ring (bicyclic) bond motifs is 2. The van der Waals surface area contributed by atoms with E-state index < -0.39 is 5.82 Å². The van der Waals surface area contributed by atoms with Gasteiger partial charge in [0.1, 0.15) is 11.9 Å². The summed E-state index contributed by atoms with van der Waals surface area (Å²) >= 11 is 0. The van der Waals surface area contributed by atoms with Crippen LogP contribution in [0.1, 0.15) is 29.6 Å². The first kappa shape index (κ1) is 15.6. The van der Waals surface area contributed by atoms with Gasteiger partial charge in [-0.05, 0) is 43.4 Å². The predicted octanol–water partition coefficient (Wildman–Crippen LogP) is 1.68. The fourth-order valence-electron chi connectivity index (χ4n) is 4.16. The highest BCUT2D eigenvalue weighted by atomic mass is 19.1. The summed E-state index contributed by atoms with van der Waals surface area (Å²) in [5.74, 6) is -0.196. The van der Waals surface area contributed by atoms with E-state index in [2.05, 4.69) is 0 Å². The monoisotopic (exact) mass is 332 g/mol. The Hall–Kier alpha value is -1.95. The van der Waals surface area contributed by atoms with Crippen LogP contribution in [-0.4, -0.2) is 60.0 Å². The molecule has 1 aromatic carbocycles. The Balaban J connectivity index is 1.46. The van der Waals surface area contributed by atoms with Gasteiger partial charge in [0.15, 0.2) is 0 Å². The fraction of sp³-hybridized carbons (Fsp3) is 0.556. The molecule has 4 rings (SSSR count). The lowest BCUT2D eigenvalue weighted by Gasteiger charge is -2.33. The van der Waals surface area contributed by atoms with Gasteiger partial charge in [0.25, 0.3) is 11.8 Å². The lowest BCUT2D eigenvalue weighted by molar-refractivity contribution is -0.141. The average Bonchev–Trinajstić information content (AvgIpc) is 3.21. The number of hydrogen-bond donors (Lipinski definition) is 0. The first-order valence-electron chi connectivity index (χ1n) is 8.59. The van der Waals surface area contributed by atoms with Gasteiger partial charge < -0.3 is 14.5 Å². The van der Waals surface area contributed by atoms with Crippen LogP contribution in [0.2, 0.25) is 0 Å². The third kappa shape index (κ3) is 2.79. The van der Waals surface area contributed by atoms with Crippen LogP contribution in [0, 0.1) is 11.7 Å². The summed E-state index contributed by atoms with van der Waals surface area (Å²) in [6.45, 7) is 2.49. The molecule has 3 saturated heterocycles. The number of nitrogens with zero attached hydrogens (tertiary/aromatic N) is 2. The van der Waals surface area contributed by atoms with Crippen molar-refractivity contribution in [2.24, 2.45) is 5.92 Å². The van der Waals surface area contributed by atoms with Crippen molar-refractivity contribution in [1.29, 1.82) is 0 Å². The standard InChI is InChI=1S/C18H21FN2O3/c19-14-4-1-3-13(8-14)17(22)20-9-12-7-15(11-20)21(10-12)18(23)16-5-2-6-24-16/h1,3-4,8,12,15-16H,2,5-7,9-11H2/t12-,15+,16-/m1/s1. The van der Waals surface area contributed by atoms with Crippen LogP contribution in [0.4, 0.5) is 4.39 Å². The molecule has 0 aromatic heterocycles. The number of carbonyl (C=O) groups is 2. The highest BCUT2D eigenvalue weighted by Gasteiger charge is 2.44. The smallest absolute Gasteiger partial charge is 0.254 e. The number of likely N-dealkylation sites (tertiary alicyclic amines) is 2. The second kappa shape index (κ2) is 6.16. The number of rotatable bonds is 2. The summed E-state index contributed by atoms with van der Waals surface area (Å²) in [4.78, 5) is 28.9. The molecule has 24 heavy (non-hydrogen) atoms. The van der Waals surface area contributed by atoms with E-state index in [1.54, 1.807) is 17.0 Å². The van der Waals surface area contributed by atoms with Gasteiger partial charge >= 0.3 is 0 Å². The average molecular weight is 332 g/mol. The van der Waals surface area contributed by atoms with Gasteiger partial charge in [-0.3, -0.25) is 9.59 Å². The summed E-state index contributed by atoms with van der Waals surface area (Å²) in [5.41, 5.74) is 0.369. The zero-order chi connectivity index (χ0) is 16.7. The molecule has 3 aliphatic rings. The largest absolute Gasteiger partial charge is 0.368 e. The number of piperidine rings is 1. The topological polar surface area (TPSA) is 49.9 Å². The van der Waals surface area contributed by atoms with Crippen molar-refractivity contribution in [3.05, 3.63) is 35.6 Å². The van der Waals surface area contributed by atoms with Crippen molar-refractivity contribution < 1.29 is 18.7 Å². The maximum atomic E-state index is 13.4. The molecule has 3 atom stereocenters. The summed E-state index contributed by atoms with van der Waals surface area (Å²) in [7, 11) is 0. The maximum Gasteiger partial charge on any atom is 0.254 e. The van der Waals surface area contributed by atoms with Crippen LogP contribution in [0.5, 0.6) is 0 Å². The summed E-state index contributed by atoms with van der Waals surface area (Å²) in [6.07, 6.45) is 2.35. The zero-order valence-corrected chi connectivity index (χ0v) is 13.5. The van der Waals surface area contributed by atoms with E-state index in [9.17, 15) is 14.0 Å². The Morgan fingerprint density at radius 1 is 1.21 bits per heavy atom. The summed E-state index contributed by atoms with van der Waals surface area (Å²) in [5, 5.41) is 0. The van der Waals surface area contributed by atoms with Gasteiger partial charge in [-0.2, -0.15) is 0 Å². The first-order chi connectivity index (χ1) is 11.6. The summed E-state index contributed by atoms with van der Waals surface area (Å²) < 4.78 is 18.9. The molecule has 0 saturated carbocycles. The molecule has 0 N–H and O–H groups in total. The van der Waals surface area contributed by atoms with Crippen molar-refractivity contribution in [3.63, 3.8) is 0 Å². The Bertz CT molecular complexity index is 659. The van der Waals surface area contributed by atoms with E-state index in [1.807, 2.05) is 4.90 Å². The molecular weight excluding hydrogens is 311 g/mol. The van der Waals surface area contributed by atoms with Crippen LogP contribution in [-0.2, 0) is 9.53 Å². The van der Waals surface area contributed by atoms with E-state index >= 15 is 0 Å². The van der Waals surface area contributed by atoms with Crippen LogP contribution in [0.25, 0.3) is 0 Å². The number of halogens is 1. The Labute approximate surface area is 140 Å². The van der Waals surface area contributed by atoms with Crippen LogP contribution < -0.4 is 0 Å². The van der Waals surface area contributed by atoms with E-state index in [1.165, 1.54) is 12.1 Å². The molecule has 2 bridgehead atoms. The van der Waals surface area contributed by atoms with Crippen molar-refractivity contribution in [2.75, 3.05) is 26.2 Å². The minimum absolute atomic E-state index is 0.0537. The fourth-order valence-corrected chi connectivity index (χ4v) is 4.16. The van der Waals surface area contributed by atoms with Gasteiger partial charge in [0.2, 0.25) is 0 Å². The predicted molar refractivity (Wildman–Crippen MR) is 84.9 cm³/mol. The third-order valence-corrected chi connectivity index (χ3v) is 5.26. The Morgan fingerprint density at radius 3 is 2.83 bits per heavy atom. The van der Waals surface area contributed by atoms with Crippen LogP contribution in [0.3, 0.4) is 0 Å². The Kier molecular flexibility index (Phi) is 4.00.